The third-order valence-electron chi connectivity index (χ3n) is 6.46. The molecule has 2 atom stereocenters. The number of phenols is 1. The minimum atomic E-state index is -1.07. The largest absolute Gasteiger partial charge is 0.508 e. The Labute approximate surface area is 242 Å². The van der Waals surface area contributed by atoms with Gasteiger partial charge in [0.25, 0.3) is 5.91 Å². The van der Waals surface area contributed by atoms with Gasteiger partial charge in [-0.15, -0.1) is 0 Å². The lowest BCUT2D eigenvalue weighted by atomic mass is 9.99. The van der Waals surface area contributed by atoms with Gasteiger partial charge >= 0.3 is 6.09 Å². The fraction of sp³-hybridized carbons (Fsp3) is 0.364. The number of hydrogen-bond donors (Lipinski definition) is 3. The van der Waals surface area contributed by atoms with Crippen LogP contribution in [-0.2, 0) is 20.7 Å². The third kappa shape index (κ3) is 9.38. The summed E-state index contributed by atoms with van der Waals surface area (Å²) >= 11 is 0. The van der Waals surface area contributed by atoms with Crippen molar-refractivity contribution in [2.24, 2.45) is 0 Å². The number of benzene rings is 3. The van der Waals surface area contributed by atoms with Crippen LogP contribution in [-0.4, -0.2) is 46.1 Å². The Bertz CT molecular complexity index is 1320. The Kier molecular flexibility index (Phi) is 10.9. The van der Waals surface area contributed by atoms with Crippen LogP contribution in [0.4, 0.5) is 10.5 Å². The fourth-order valence-corrected chi connectivity index (χ4v) is 4.48. The molecule has 0 aliphatic rings. The number of aryl methyl sites for hydroxylation is 1. The second kappa shape index (κ2) is 14.3. The van der Waals surface area contributed by atoms with Crippen molar-refractivity contribution in [3.05, 3.63) is 95.6 Å². The number of para-hydroxylation sites is 1. The average Bonchev–Trinajstić information content (AvgIpc) is 2.91. The van der Waals surface area contributed by atoms with Gasteiger partial charge in [-0.25, -0.2) is 4.79 Å². The molecule has 0 radical (unpaired) electrons. The van der Waals surface area contributed by atoms with Crippen molar-refractivity contribution in [2.75, 3.05) is 11.9 Å². The molecule has 0 spiro atoms. The molecule has 218 valence electrons. The molecule has 8 heteroatoms. The molecule has 8 nitrogen and oxygen atoms in total. The van der Waals surface area contributed by atoms with Gasteiger partial charge in [0.2, 0.25) is 5.91 Å². The van der Waals surface area contributed by atoms with Crippen molar-refractivity contribution in [3.8, 4) is 5.75 Å². The van der Waals surface area contributed by atoms with E-state index in [-0.39, 0.29) is 18.7 Å². The first kappa shape index (κ1) is 31.2. The number of ether oxygens (including phenoxy) is 1. The molecule has 0 saturated heterocycles. The van der Waals surface area contributed by atoms with Crippen molar-refractivity contribution in [1.29, 1.82) is 0 Å². The Morgan fingerprint density at radius 2 is 1.63 bits per heavy atom. The zero-order chi connectivity index (χ0) is 30.0. The Morgan fingerprint density at radius 1 is 0.951 bits per heavy atom. The van der Waals surface area contributed by atoms with E-state index in [1.807, 2.05) is 62.4 Å². The molecule has 0 aromatic heterocycles. The summed E-state index contributed by atoms with van der Waals surface area (Å²) < 4.78 is 5.48. The predicted molar refractivity (Wildman–Crippen MR) is 161 cm³/mol. The van der Waals surface area contributed by atoms with Crippen molar-refractivity contribution < 1.29 is 24.2 Å². The number of anilines is 1. The second-order valence-electron chi connectivity index (χ2n) is 11.1. The van der Waals surface area contributed by atoms with Crippen molar-refractivity contribution in [1.82, 2.24) is 10.2 Å². The molecule has 3 aromatic rings. The van der Waals surface area contributed by atoms with Crippen molar-refractivity contribution in [2.45, 2.75) is 71.6 Å². The number of carbonyl (C=O) groups excluding carboxylic acids is 3. The highest BCUT2D eigenvalue weighted by molar-refractivity contribution is 5.99. The number of alkyl carbamates (subject to hydrolysis) is 1. The van der Waals surface area contributed by atoms with Crippen molar-refractivity contribution >= 4 is 23.6 Å². The minimum Gasteiger partial charge on any atom is -0.508 e. The van der Waals surface area contributed by atoms with Crippen LogP contribution in [0, 0.1) is 6.92 Å². The summed E-state index contributed by atoms with van der Waals surface area (Å²) in [4.78, 5) is 42.7. The molecule has 0 fully saturated rings. The SMILES string of the molecule is CCCCN(C(=O)C(Cc1ccccc1)NC(=O)OC(C)(C)C)C(C(=O)Nc1ccccc1C)c1cccc(O)c1. The van der Waals surface area contributed by atoms with Gasteiger partial charge in [-0.1, -0.05) is 74.0 Å². The third-order valence-corrected chi connectivity index (χ3v) is 6.46. The number of nitrogens with zero attached hydrogens (tertiary/aromatic N) is 1. The van der Waals surface area contributed by atoms with Gasteiger partial charge in [0.05, 0.1) is 0 Å². The molecule has 0 saturated carbocycles. The minimum absolute atomic E-state index is 0.0215. The summed E-state index contributed by atoms with van der Waals surface area (Å²) in [5.41, 5.74) is 2.03. The first-order chi connectivity index (χ1) is 19.5. The lowest BCUT2D eigenvalue weighted by Gasteiger charge is -2.34. The summed E-state index contributed by atoms with van der Waals surface area (Å²) in [7, 11) is 0. The topological polar surface area (TPSA) is 108 Å². The molecule has 3 N–H and O–H groups in total. The number of phenolic OH excluding ortho intramolecular Hbond substituents is 1. The van der Waals surface area contributed by atoms with Crippen LogP contribution in [0.25, 0.3) is 0 Å². The normalized spacial score (nSPS) is 12.6. The average molecular weight is 560 g/mol. The lowest BCUT2D eigenvalue weighted by Crippen LogP contribution is -2.53. The number of unbranched alkanes of at least 4 members (excludes halogenated alkanes) is 1. The van der Waals surface area contributed by atoms with Crippen LogP contribution in [0.3, 0.4) is 0 Å². The van der Waals surface area contributed by atoms with Gasteiger partial charge in [0, 0.05) is 18.7 Å². The number of rotatable bonds is 11. The van der Waals surface area contributed by atoms with Crippen LogP contribution >= 0.6 is 0 Å². The molecular formula is C33H41N3O5. The van der Waals surface area contributed by atoms with E-state index in [0.29, 0.717) is 17.7 Å². The van der Waals surface area contributed by atoms with E-state index in [1.165, 1.54) is 17.0 Å². The van der Waals surface area contributed by atoms with Crippen molar-refractivity contribution in [3.63, 3.8) is 0 Å². The van der Waals surface area contributed by atoms with Gasteiger partial charge in [-0.3, -0.25) is 9.59 Å². The van der Waals surface area contributed by atoms with Gasteiger partial charge in [0.15, 0.2) is 0 Å². The Balaban J connectivity index is 2.06. The van der Waals surface area contributed by atoms with Gasteiger partial charge in [-0.05, 0) is 69.0 Å². The molecule has 3 amide bonds. The maximum absolute atomic E-state index is 14.4. The molecule has 41 heavy (non-hydrogen) atoms. The molecule has 2 unspecified atom stereocenters. The van der Waals surface area contributed by atoms with Gasteiger partial charge < -0.3 is 25.4 Å². The maximum Gasteiger partial charge on any atom is 0.408 e. The summed E-state index contributed by atoms with van der Waals surface area (Å²) in [6.07, 6.45) is 0.885. The molecule has 0 aliphatic heterocycles. The van der Waals surface area contributed by atoms with Crippen LogP contribution < -0.4 is 10.6 Å². The molecule has 3 aromatic carbocycles. The van der Waals surface area contributed by atoms with E-state index >= 15 is 0 Å². The molecule has 0 bridgehead atoms. The quantitative estimate of drug-likeness (QED) is 0.261. The number of nitrogens with one attached hydrogen (secondary N) is 2. The standard InChI is InChI=1S/C33H41N3O5/c1-6-7-20-36(31(39)28(21-24-15-9-8-10-16-24)35-32(40)41-33(3,4)5)29(25-17-13-18-26(37)22-25)30(38)34-27-19-12-11-14-23(27)2/h8-19,22,28-29,37H,6-7,20-21H2,1-5H3,(H,34,38)(H,35,40). The number of aromatic hydroxyl groups is 1. The molecule has 3 rings (SSSR count). The van der Waals surface area contributed by atoms with E-state index in [4.69, 9.17) is 4.74 Å². The van der Waals surface area contributed by atoms with Crippen LogP contribution in [0.2, 0.25) is 0 Å². The number of hydrogen-bond acceptors (Lipinski definition) is 5. The molecular weight excluding hydrogens is 518 g/mol. The second-order valence-corrected chi connectivity index (χ2v) is 11.1. The summed E-state index contributed by atoms with van der Waals surface area (Å²) in [6.45, 7) is 9.41. The zero-order valence-corrected chi connectivity index (χ0v) is 24.5. The first-order valence-corrected chi connectivity index (χ1v) is 14.0. The van der Waals surface area contributed by atoms with E-state index in [2.05, 4.69) is 10.6 Å². The molecule has 0 aliphatic carbocycles. The van der Waals surface area contributed by atoms with Crippen LogP contribution in [0.5, 0.6) is 5.75 Å². The monoisotopic (exact) mass is 559 g/mol. The predicted octanol–water partition coefficient (Wildman–Crippen LogP) is 6.15. The van der Waals surface area contributed by atoms with Crippen LogP contribution in [0.15, 0.2) is 78.9 Å². The highest BCUT2D eigenvalue weighted by Crippen LogP contribution is 2.28. The number of carbonyl (C=O) groups is 3. The van der Waals surface area contributed by atoms with E-state index < -0.39 is 35.6 Å². The first-order valence-electron chi connectivity index (χ1n) is 14.0. The Morgan fingerprint density at radius 3 is 2.27 bits per heavy atom. The Hall–Kier alpha value is -4.33. The fourth-order valence-electron chi connectivity index (χ4n) is 4.48. The highest BCUT2D eigenvalue weighted by Gasteiger charge is 2.36. The summed E-state index contributed by atoms with van der Waals surface area (Å²) in [5.74, 6) is -0.877. The van der Waals surface area contributed by atoms with Gasteiger partial charge in [0.1, 0.15) is 23.4 Å². The van der Waals surface area contributed by atoms with Gasteiger partial charge in [-0.2, -0.15) is 0 Å². The zero-order valence-electron chi connectivity index (χ0n) is 24.5. The van der Waals surface area contributed by atoms with Crippen LogP contribution in [0.1, 0.15) is 63.3 Å². The number of amides is 3. The highest BCUT2D eigenvalue weighted by atomic mass is 16.6. The van der Waals surface area contributed by atoms with E-state index in [9.17, 15) is 19.5 Å². The van der Waals surface area contributed by atoms with E-state index in [0.717, 1.165) is 17.5 Å². The van der Waals surface area contributed by atoms with E-state index in [1.54, 1.807) is 39.0 Å². The summed E-state index contributed by atoms with van der Waals surface area (Å²) in [5, 5.41) is 16.0. The molecule has 0 heterocycles. The smallest absolute Gasteiger partial charge is 0.408 e. The summed E-state index contributed by atoms with van der Waals surface area (Å²) in [6, 6.07) is 21.0. The maximum atomic E-state index is 14.4. The lowest BCUT2D eigenvalue weighted by molar-refractivity contribution is -0.140.